The number of non-ortho nitro benzene ring substituents is 1. The van der Waals surface area contributed by atoms with Gasteiger partial charge in [-0.05, 0) is 42.0 Å². The number of aromatic hydroxyl groups is 2. The van der Waals surface area contributed by atoms with Crippen molar-refractivity contribution >= 4 is 23.5 Å². The van der Waals surface area contributed by atoms with Crippen LogP contribution in [0.1, 0.15) is 27.7 Å². The summed E-state index contributed by atoms with van der Waals surface area (Å²) < 4.78 is 10.3. The molecular weight excluding hydrogens is 444 g/mol. The fraction of sp³-hybridized carbons (Fsp3) is 0.130. The smallest absolute Gasteiger partial charge is 0.278 e. The van der Waals surface area contributed by atoms with Gasteiger partial charge in [0, 0.05) is 17.7 Å². The average molecular weight is 464 g/mol. The van der Waals surface area contributed by atoms with E-state index in [0.717, 1.165) is 0 Å². The van der Waals surface area contributed by atoms with Gasteiger partial charge in [0.2, 0.25) is 0 Å². The number of carbonyl (C=O) groups excluding carboxylic acids is 1. The largest absolute Gasteiger partial charge is 0.504 e. The lowest BCUT2D eigenvalue weighted by Gasteiger charge is -2.34. The number of rotatable bonds is 6. The first-order chi connectivity index (χ1) is 16.3. The molecule has 3 N–H and O–H groups in total. The molecule has 3 aromatic carbocycles. The van der Waals surface area contributed by atoms with Crippen LogP contribution in [0.25, 0.3) is 0 Å². The van der Waals surface area contributed by atoms with Crippen molar-refractivity contribution < 1.29 is 29.4 Å². The lowest BCUT2D eigenvalue weighted by atomic mass is 10.0. The SMILES string of the molecule is COc1cc(/C=N/N2C(=O)c3ccc([N+](=O)[O-])cc3NC2c2ccc(O)c(OC)c2)ccc1O. The van der Waals surface area contributed by atoms with Crippen LogP contribution in [0, 0.1) is 10.1 Å². The Balaban J connectivity index is 1.79. The third kappa shape index (κ3) is 4.13. The van der Waals surface area contributed by atoms with E-state index in [1.165, 1.54) is 61.8 Å². The standard InChI is InChI=1S/C23H20N4O7/c1-33-20-9-13(3-7-18(20)28)12-24-26-22(14-4-8-19(29)21(10-14)34-2)25-17-11-15(27(31)32)5-6-16(17)23(26)30/h3-12,22,25,28-29H,1-2H3/b24-12+. The van der Waals surface area contributed by atoms with Crippen molar-refractivity contribution in [3.05, 3.63) is 81.4 Å². The van der Waals surface area contributed by atoms with Crippen LogP contribution in [0.15, 0.2) is 59.7 Å². The fourth-order valence-corrected chi connectivity index (χ4v) is 3.51. The number of fused-ring (bicyclic) bond motifs is 1. The maximum Gasteiger partial charge on any atom is 0.278 e. The average Bonchev–Trinajstić information content (AvgIpc) is 2.84. The summed E-state index contributed by atoms with van der Waals surface area (Å²) in [6.07, 6.45) is 0.550. The number of ether oxygens (including phenoxy) is 2. The lowest BCUT2D eigenvalue weighted by molar-refractivity contribution is -0.384. The molecule has 1 aliphatic rings. The first kappa shape index (κ1) is 22.4. The summed E-state index contributed by atoms with van der Waals surface area (Å²) in [6.45, 7) is 0. The second kappa shape index (κ2) is 8.98. The van der Waals surface area contributed by atoms with Crippen LogP contribution in [0.4, 0.5) is 11.4 Å². The number of nitrogens with zero attached hydrogens (tertiary/aromatic N) is 3. The lowest BCUT2D eigenvalue weighted by Crippen LogP contribution is -2.39. The number of hydrazone groups is 1. The van der Waals surface area contributed by atoms with Crippen LogP contribution < -0.4 is 14.8 Å². The van der Waals surface area contributed by atoms with Crippen LogP contribution in [-0.4, -0.2) is 46.5 Å². The molecule has 3 aromatic rings. The van der Waals surface area contributed by atoms with Crippen LogP contribution in [0.5, 0.6) is 23.0 Å². The summed E-state index contributed by atoms with van der Waals surface area (Å²) >= 11 is 0. The maximum absolute atomic E-state index is 13.4. The Morgan fingerprint density at radius 1 is 1.03 bits per heavy atom. The highest BCUT2D eigenvalue weighted by molar-refractivity contribution is 6.02. The molecule has 1 atom stereocenters. The van der Waals surface area contributed by atoms with E-state index in [1.54, 1.807) is 18.2 Å². The maximum atomic E-state index is 13.4. The highest BCUT2D eigenvalue weighted by Crippen LogP contribution is 2.38. The number of nitrogens with one attached hydrogen (secondary N) is 1. The van der Waals surface area contributed by atoms with Crippen molar-refractivity contribution in [3.8, 4) is 23.0 Å². The molecule has 11 nitrogen and oxygen atoms in total. The topological polar surface area (TPSA) is 147 Å². The molecule has 0 fully saturated rings. The molecule has 174 valence electrons. The van der Waals surface area contributed by atoms with Gasteiger partial charge in [-0.2, -0.15) is 5.10 Å². The number of hydrogen-bond acceptors (Lipinski definition) is 9. The Labute approximate surface area is 193 Å². The Morgan fingerprint density at radius 3 is 2.38 bits per heavy atom. The van der Waals surface area contributed by atoms with Gasteiger partial charge in [0.1, 0.15) is 0 Å². The number of methoxy groups -OCH3 is 2. The van der Waals surface area contributed by atoms with E-state index in [1.807, 2.05) is 0 Å². The molecule has 0 saturated carbocycles. The molecule has 0 radical (unpaired) electrons. The quantitative estimate of drug-likeness (QED) is 0.285. The minimum Gasteiger partial charge on any atom is -0.504 e. The van der Waals surface area contributed by atoms with Gasteiger partial charge in [-0.3, -0.25) is 14.9 Å². The van der Waals surface area contributed by atoms with Gasteiger partial charge in [0.05, 0.1) is 36.6 Å². The summed E-state index contributed by atoms with van der Waals surface area (Å²) in [7, 11) is 2.81. The zero-order valence-electron chi connectivity index (χ0n) is 18.1. The van der Waals surface area contributed by atoms with E-state index in [9.17, 15) is 25.1 Å². The number of anilines is 1. The Hall–Kier alpha value is -4.80. The molecular formula is C23H20N4O7. The van der Waals surface area contributed by atoms with E-state index in [4.69, 9.17) is 9.47 Å². The van der Waals surface area contributed by atoms with Crippen molar-refractivity contribution in [2.24, 2.45) is 5.10 Å². The van der Waals surface area contributed by atoms with Crippen LogP contribution >= 0.6 is 0 Å². The number of carbonyl (C=O) groups is 1. The number of hydrogen-bond donors (Lipinski definition) is 3. The van der Waals surface area contributed by atoms with E-state index in [2.05, 4.69) is 10.4 Å². The number of benzene rings is 3. The summed E-state index contributed by atoms with van der Waals surface area (Å²) in [4.78, 5) is 24.0. The van der Waals surface area contributed by atoms with E-state index in [-0.39, 0.29) is 39.9 Å². The second-order valence-corrected chi connectivity index (χ2v) is 7.29. The van der Waals surface area contributed by atoms with Crippen molar-refractivity contribution in [1.29, 1.82) is 0 Å². The number of nitro groups is 1. The molecule has 4 rings (SSSR count). The van der Waals surface area contributed by atoms with Crippen molar-refractivity contribution in [2.75, 3.05) is 19.5 Å². The van der Waals surface area contributed by atoms with Gasteiger partial charge >= 0.3 is 0 Å². The van der Waals surface area contributed by atoms with E-state index < -0.39 is 17.0 Å². The highest BCUT2D eigenvalue weighted by Gasteiger charge is 2.34. The summed E-state index contributed by atoms with van der Waals surface area (Å²) in [5, 5.41) is 39.6. The normalized spacial score (nSPS) is 15.1. The Kier molecular flexibility index (Phi) is 5.92. The van der Waals surface area contributed by atoms with Crippen LogP contribution in [-0.2, 0) is 0 Å². The Bertz CT molecular complexity index is 1310. The molecule has 1 aliphatic heterocycles. The monoisotopic (exact) mass is 464 g/mol. The Morgan fingerprint density at radius 2 is 1.71 bits per heavy atom. The second-order valence-electron chi connectivity index (χ2n) is 7.29. The molecule has 1 unspecified atom stereocenters. The molecule has 11 heteroatoms. The third-order valence-electron chi connectivity index (χ3n) is 5.24. The van der Waals surface area contributed by atoms with Gasteiger partial charge < -0.3 is 25.0 Å². The molecule has 1 heterocycles. The number of nitro benzene ring substituents is 1. The zero-order chi connectivity index (χ0) is 24.4. The molecule has 1 amide bonds. The summed E-state index contributed by atoms with van der Waals surface area (Å²) in [6, 6.07) is 13.0. The fourth-order valence-electron chi connectivity index (χ4n) is 3.51. The van der Waals surface area contributed by atoms with Gasteiger partial charge in [0.15, 0.2) is 29.2 Å². The first-order valence-corrected chi connectivity index (χ1v) is 9.98. The van der Waals surface area contributed by atoms with Gasteiger partial charge in [-0.15, -0.1) is 0 Å². The van der Waals surface area contributed by atoms with Crippen LogP contribution in [0.2, 0.25) is 0 Å². The molecule has 34 heavy (non-hydrogen) atoms. The van der Waals surface area contributed by atoms with Crippen molar-refractivity contribution in [1.82, 2.24) is 5.01 Å². The minimum absolute atomic E-state index is 0.0417. The number of amides is 1. The highest BCUT2D eigenvalue weighted by atomic mass is 16.6. The summed E-state index contributed by atoms with van der Waals surface area (Å²) in [5.74, 6) is -0.202. The van der Waals surface area contributed by atoms with E-state index in [0.29, 0.717) is 11.1 Å². The predicted octanol–water partition coefficient (Wildman–Crippen LogP) is 3.62. The van der Waals surface area contributed by atoms with Gasteiger partial charge in [0.25, 0.3) is 11.6 Å². The first-order valence-electron chi connectivity index (χ1n) is 9.98. The van der Waals surface area contributed by atoms with Crippen molar-refractivity contribution in [2.45, 2.75) is 6.17 Å². The van der Waals surface area contributed by atoms with Gasteiger partial charge in [-0.1, -0.05) is 6.07 Å². The van der Waals surface area contributed by atoms with Crippen LogP contribution in [0.3, 0.4) is 0 Å². The molecule has 0 aromatic heterocycles. The van der Waals surface area contributed by atoms with Gasteiger partial charge in [-0.25, -0.2) is 5.01 Å². The predicted molar refractivity (Wildman–Crippen MR) is 123 cm³/mol. The molecule has 0 bridgehead atoms. The number of phenols is 2. The summed E-state index contributed by atoms with van der Waals surface area (Å²) in [5.41, 5.74) is 1.37. The third-order valence-corrected chi connectivity index (χ3v) is 5.24. The minimum atomic E-state index is -0.869. The van der Waals surface area contributed by atoms with Crippen molar-refractivity contribution in [3.63, 3.8) is 0 Å². The zero-order valence-corrected chi connectivity index (χ0v) is 18.1. The number of phenolic OH excluding ortho intramolecular Hbond substituents is 2. The molecule has 0 aliphatic carbocycles. The molecule has 0 saturated heterocycles. The van der Waals surface area contributed by atoms with E-state index >= 15 is 0 Å². The molecule has 0 spiro atoms.